The first-order valence-corrected chi connectivity index (χ1v) is 11.2. The van der Waals surface area contributed by atoms with E-state index in [1.807, 2.05) is 49.4 Å². The van der Waals surface area contributed by atoms with E-state index in [1.54, 1.807) is 11.9 Å². The number of fused-ring (bicyclic) bond motifs is 4. The number of likely N-dealkylation sites (N-methyl/N-ethyl adjacent to an activating group) is 1. The summed E-state index contributed by atoms with van der Waals surface area (Å²) in [4.78, 5) is 18.0. The van der Waals surface area contributed by atoms with Gasteiger partial charge in [-0.2, -0.15) is 0 Å². The first kappa shape index (κ1) is 21.3. The average Bonchev–Trinajstić information content (AvgIpc) is 2.83. The molecule has 33 heavy (non-hydrogen) atoms. The zero-order valence-electron chi connectivity index (χ0n) is 18.8. The van der Waals surface area contributed by atoms with Crippen molar-refractivity contribution in [2.75, 3.05) is 44.9 Å². The fourth-order valence-electron chi connectivity index (χ4n) is 3.97. The van der Waals surface area contributed by atoms with Crippen molar-refractivity contribution in [3.8, 4) is 23.0 Å². The first-order chi connectivity index (χ1) is 16.1. The number of rotatable bonds is 7. The highest BCUT2D eigenvalue weighted by molar-refractivity contribution is 5.97. The summed E-state index contributed by atoms with van der Waals surface area (Å²) in [5.74, 6) is 2.87. The molecule has 0 radical (unpaired) electrons. The van der Waals surface area contributed by atoms with E-state index in [9.17, 15) is 4.79 Å². The molecule has 0 fully saturated rings. The molecule has 8 nitrogen and oxygen atoms in total. The minimum Gasteiger partial charge on any atom is -0.493 e. The van der Waals surface area contributed by atoms with Crippen LogP contribution in [0.1, 0.15) is 12.1 Å². The molecule has 2 aromatic carbocycles. The van der Waals surface area contributed by atoms with Gasteiger partial charge in [-0.3, -0.25) is 9.78 Å². The van der Waals surface area contributed by atoms with Gasteiger partial charge in [0.2, 0.25) is 0 Å². The van der Waals surface area contributed by atoms with Gasteiger partial charge in [-0.25, -0.2) is 0 Å². The van der Waals surface area contributed by atoms with Crippen molar-refractivity contribution < 1.29 is 23.7 Å². The second-order valence-electron chi connectivity index (χ2n) is 8.24. The molecule has 3 aromatic rings. The highest BCUT2D eigenvalue weighted by atomic mass is 16.6. The lowest BCUT2D eigenvalue weighted by Crippen LogP contribution is -2.39. The minimum atomic E-state index is -0.0703. The van der Waals surface area contributed by atoms with Gasteiger partial charge in [0.05, 0.1) is 17.8 Å². The first-order valence-electron chi connectivity index (χ1n) is 11.2. The van der Waals surface area contributed by atoms with E-state index < -0.39 is 0 Å². The number of nitrogens with one attached hydrogen (secondary N) is 1. The fourth-order valence-corrected chi connectivity index (χ4v) is 3.97. The molecular weight excluding hydrogens is 422 g/mol. The van der Waals surface area contributed by atoms with E-state index in [4.69, 9.17) is 18.9 Å². The molecular formula is C25H27N3O5. The van der Waals surface area contributed by atoms with Crippen LogP contribution in [0.5, 0.6) is 23.0 Å². The van der Waals surface area contributed by atoms with Crippen LogP contribution in [0.15, 0.2) is 42.5 Å². The van der Waals surface area contributed by atoms with E-state index >= 15 is 0 Å². The van der Waals surface area contributed by atoms with E-state index in [0.29, 0.717) is 25.5 Å². The number of carbonyl (C=O) groups is 1. The standard InChI is InChI=1S/C25H27N3O5/c1-16-4-6-19-20(27-16)7-9-23-25(19)33-18(14-31-23)13-26-10-3-11-30-17-5-8-22-21(12-17)28(2)24(29)15-32-22/h4-9,12,18,26H,3,10-11,13-15H2,1-2H3/t18-/m0/s1. The molecule has 0 unspecified atom stereocenters. The molecule has 1 amide bonds. The van der Waals surface area contributed by atoms with E-state index in [1.165, 1.54) is 0 Å². The number of anilines is 1. The van der Waals surface area contributed by atoms with Gasteiger partial charge in [0.25, 0.3) is 5.91 Å². The molecule has 1 aromatic heterocycles. The summed E-state index contributed by atoms with van der Waals surface area (Å²) >= 11 is 0. The number of ether oxygens (including phenoxy) is 4. The maximum atomic E-state index is 11.8. The number of hydrogen-bond acceptors (Lipinski definition) is 7. The molecule has 0 aliphatic carbocycles. The molecule has 1 atom stereocenters. The summed E-state index contributed by atoms with van der Waals surface area (Å²) in [6.07, 6.45) is 0.762. The molecule has 0 bridgehead atoms. The van der Waals surface area contributed by atoms with Crippen molar-refractivity contribution in [3.05, 3.63) is 48.2 Å². The topological polar surface area (TPSA) is 82.2 Å². The van der Waals surface area contributed by atoms with E-state index in [0.717, 1.165) is 52.5 Å². The Balaban J connectivity index is 1.08. The van der Waals surface area contributed by atoms with E-state index in [2.05, 4.69) is 10.3 Å². The largest absolute Gasteiger partial charge is 0.493 e. The van der Waals surface area contributed by atoms with Crippen molar-refractivity contribution in [2.24, 2.45) is 0 Å². The molecule has 5 rings (SSSR count). The van der Waals surface area contributed by atoms with Crippen molar-refractivity contribution in [1.82, 2.24) is 10.3 Å². The predicted octanol–water partition coefficient (Wildman–Crippen LogP) is 3.10. The molecule has 0 spiro atoms. The highest BCUT2D eigenvalue weighted by Gasteiger charge is 2.24. The zero-order chi connectivity index (χ0) is 22.8. The van der Waals surface area contributed by atoms with E-state index in [-0.39, 0.29) is 18.6 Å². The summed E-state index contributed by atoms with van der Waals surface area (Å²) in [5, 5.41) is 4.39. The van der Waals surface area contributed by atoms with Crippen LogP contribution in [0.4, 0.5) is 5.69 Å². The number of nitrogens with zero attached hydrogens (tertiary/aromatic N) is 2. The van der Waals surface area contributed by atoms with Crippen LogP contribution >= 0.6 is 0 Å². The summed E-state index contributed by atoms with van der Waals surface area (Å²) < 4.78 is 23.4. The smallest absolute Gasteiger partial charge is 0.264 e. The van der Waals surface area contributed by atoms with Crippen molar-refractivity contribution in [2.45, 2.75) is 19.4 Å². The molecule has 0 saturated heterocycles. The van der Waals surface area contributed by atoms with Gasteiger partial charge in [-0.1, -0.05) is 0 Å². The number of aromatic nitrogens is 1. The Bertz CT molecular complexity index is 1180. The molecule has 3 heterocycles. The summed E-state index contributed by atoms with van der Waals surface area (Å²) in [7, 11) is 1.74. The van der Waals surface area contributed by atoms with Gasteiger partial charge in [0, 0.05) is 30.7 Å². The Morgan fingerprint density at radius 3 is 2.94 bits per heavy atom. The second-order valence-corrected chi connectivity index (χ2v) is 8.24. The SMILES string of the molecule is Cc1ccc2c3c(ccc2n1)OC[C@H](CNCCCOc1ccc2c(c1)N(C)C(=O)CO2)O3. The van der Waals surface area contributed by atoms with Crippen LogP contribution in [-0.4, -0.2) is 57.0 Å². The molecule has 172 valence electrons. The second kappa shape index (κ2) is 9.15. The molecule has 2 aliphatic heterocycles. The monoisotopic (exact) mass is 449 g/mol. The predicted molar refractivity (Wildman–Crippen MR) is 125 cm³/mol. The van der Waals surface area contributed by atoms with Crippen LogP contribution in [0.3, 0.4) is 0 Å². The third-order valence-corrected chi connectivity index (χ3v) is 5.79. The number of amides is 1. The van der Waals surface area contributed by atoms with Gasteiger partial charge < -0.3 is 29.2 Å². The summed E-state index contributed by atoms with van der Waals surface area (Å²) in [6, 6.07) is 13.4. The van der Waals surface area contributed by atoms with Gasteiger partial charge in [0.1, 0.15) is 24.2 Å². The highest BCUT2D eigenvalue weighted by Crippen LogP contribution is 2.38. The maximum absolute atomic E-state index is 11.8. The normalized spacial score (nSPS) is 17.0. The lowest BCUT2D eigenvalue weighted by molar-refractivity contribution is -0.120. The number of hydrogen-bond donors (Lipinski definition) is 1. The number of aryl methyl sites for hydroxylation is 1. The van der Waals surface area contributed by atoms with Crippen LogP contribution in [0, 0.1) is 6.92 Å². The van der Waals surface area contributed by atoms with Gasteiger partial charge in [0.15, 0.2) is 18.1 Å². The third kappa shape index (κ3) is 4.52. The zero-order valence-corrected chi connectivity index (χ0v) is 18.8. The van der Waals surface area contributed by atoms with Crippen LogP contribution in [-0.2, 0) is 4.79 Å². The lowest BCUT2D eigenvalue weighted by Gasteiger charge is -2.27. The quantitative estimate of drug-likeness (QED) is 0.555. The van der Waals surface area contributed by atoms with Crippen LogP contribution in [0.25, 0.3) is 10.9 Å². The Hall–Kier alpha value is -3.52. The van der Waals surface area contributed by atoms with Gasteiger partial charge >= 0.3 is 0 Å². The Labute approximate surface area is 192 Å². The third-order valence-electron chi connectivity index (χ3n) is 5.79. The summed E-state index contributed by atoms with van der Waals surface area (Å²) in [5.41, 5.74) is 2.62. The maximum Gasteiger partial charge on any atom is 0.264 e. The number of pyridine rings is 1. The van der Waals surface area contributed by atoms with Gasteiger partial charge in [-0.05, 0) is 56.3 Å². The van der Waals surface area contributed by atoms with Crippen molar-refractivity contribution in [3.63, 3.8) is 0 Å². The average molecular weight is 450 g/mol. The Kier molecular flexibility index (Phi) is 5.92. The number of carbonyl (C=O) groups excluding carboxylic acids is 1. The van der Waals surface area contributed by atoms with Crippen molar-refractivity contribution in [1.29, 1.82) is 0 Å². The number of benzene rings is 2. The van der Waals surface area contributed by atoms with Crippen molar-refractivity contribution >= 4 is 22.5 Å². The van der Waals surface area contributed by atoms with Gasteiger partial charge in [-0.15, -0.1) is 0 Å². The Morgan fingerprint density at radius 1 is 1.15 bits per heavy atom. The summed E-state index contributed by atoms with van der Waals surface area (Å²) in [6.45, 7) is 4.58. The van der Waals surface area contributed by atoms with Crippen LogP contribution in [0.2, 0.25) is 0 Å². The Morgan fingerprint density at radius 2 is 2.03 bits per heavy atom. The minimum absolute atomic E-state index is 0.0697. The fraction of sp³-hybridized carbons (Fsp3) is 0.360. The van der Waals surface area contributed by atoms with Crippen LogP contribution < -0.4 is 29.2 Å². The molecule has 0 saturated carbocycles. The molecule has 8 heteroatoms. The lowest BCUT2D eigenvalue weighted by atomic mass is 10.1. The molecule has 2 aliphatic rings. The molecule has 1 N–H and O–H groups in total.